The number of amides is 1. The lowest BCUT2D eigenvalue weighted by Crippen LogP contribution is -2.47. The fraction of sp³-hybridized carbons (Fsp3) is 0.875. The maximum absolute atomic E-state index is 12.6. The molecule has 2 saturated carbocycles. The minimum Gasteiger partial charge on any atom is -0.481 e. The van der Waals surface area contributed by atoms with Crippen molar-refractivity contribution >= 4 is 11.9 Å². The molecule has 2 aliphatic carbocycles. The van der Waals surface area contributed by atoms with E-state index < -0.39 is 5.97 Å². The van der Waals surface area contributed by atoms with Crippen molar-refractivity contribution in [3.05, 3.63) is 0 Å². The van der Waals surface area contributed by atoms with Crippen molar-refractivity contribution in [3.8, 4) is 0 Å². The third-order valence-electron chi connectivity index (χ3n) is 5.27. The predicted molar refractivity (Wildman–Crippen MR) is 76.7 cm³/mol. The summed E-state index contributed by atoms with van der Waals surface area (Å²) >= 11 is 0. The summed E-state index contributed by atoms with van der Waals surface area (Å²) in [5, 5.41) is 8.84. The molecule has 1 N–H and O–H groups in total. The number of hydrogen-bond donors (Lipinski definition) is 1. The Bertz CT molecular complexity index is 405. The lowest BCUT2D eigenvalue weighted by atomic mass is 9.85. The van der Waals surface area contributed by atoms with Crippen LogP contribution < -0.4 is 0 Å². The molecule has 5 heteroatoms. The van der Waals surface area contributed by atoms with Crippen molar-refractivity contribution in [3.63, 3.8) is 0 Å². The fourth-order valence-corrected chi connectivity index (χ4v) is 4.05. The number of hydrogen-bond acceptors (Lipinski definition) is 3. The fourth-order valence-electron chi connectivity index (χ4n) is 4.05. The predicted octanol–water partition coefficient (Wildman–Crippen LogP) is 1.90. The molecule has 0 aromatic rings. The van der Waals surface area contributed by atoms with Crippen molar-refractivity contribution in [2.24, 2.45) is 17.8 Å². The Morgan fingerprint density at radius 1 is 1.19 bits per heavy atom. The van der Waals surface area contributed by atoms with Crippen LogP contribution in [0.5, 0.6) is 0 Å². The van der Waals surface area contributed by atoms with E-state index in [0.717, 1.165) is 12.3 Å². The first-order valence-electron chi connectivity index (χ1n) is 8.27. The van der Waals surface area contributed by atoms with Crippen LogP contribution in [0.3, 0.4) is 0 Å². The molecule has 21 heavy (non-hydrogen) atoms. The summed E-state index contributed by atoms with van der Waals surface area (Å²) in [5.41, 5.74) is 0. The Morgan fingerprint density at radius 2 is 1.95 bits per heavy atom. The molecular formula is C16H25NO4. The number of carbonyl (C=O) groups excluding carboxylic acids is 1. The summed E-state index contributed by atoms with van der Waals surface area (Å²) in [6.45, 7) is 1.52. The number of ether oxygens (including phenoxy) is 1. The van der Waals surface area contributed by atoms with Gasteiger partial charge in [0.15, 0.2) is 0 Å². The zero-order valence-electron chi connectivity index (χ0n) is 12.5. The average molecular weight is 295 g/mol. The molecular weight excluding hydrogens is 270 g/mol. The van der Waals surface area contributed by atoms with Crippen LogP contribution >= 0.6 is 0 Å². The standard InChI is InChI=1S/C16H25NO4/c18-15(19)8-12-10-17(6-7-21-12)16(20)14-9-13(14)11-4-2-1-3-5-11/h11-14H,1-10H2,(H,18,19). The van der Waals surface area contributed by atoms with E-state index >= 15 is 0 Å². The molecule has 3 fully saturated rings. The minimum absolute atomic E-state index is 0.0134. The summed E-state index contributed by atoms with van der Waals surface area (Å²) in [6, 6.07) is 0. The van der Waals surface area contributed by atoms with E-state index in [1.807, 2.05) is 4.90 Å². The highest BCUT2D eigenvalue weighted by atomic mass is 16.5. The maximum Gasteiger partial charge on any atom is 0.306 e. The highest BCUT2D eigenvalue weighted by Crippen LogP contribution is 2.50. The van der Waals surface area contributed by atoms with E-state index in [9.17, 15) is 9.59 Å². The lowest BCUT2D eigenvalue weighted by molar-refractivity contribution is -0.148. The molecule has 1 heterocycles. The summed E-state index contributed by atoms with van der Waals surface area (Å²) in [4.78, 5) is 25.2. The Labute approximate surface area is 125 Å². The average Bonchev–Trinajstić information content (AvgIpc) is 3.27. The zero-order valence-corrected chi connectivity index (χ0v) is 12.5. The van der Waals surface area contributed by atoms with Crippen LogP contribution in [0.4, 0.5) is 0 Å². The van der Waals surface area contributed by atoms with Gasteiger partial charge in [-0.15, -0.1) is 0 Å². The third kappa shape index (κ3) is 3.57. The van der Waals surface area contributed by atoms with E-state index in [1.54, 1.807) is 0 Å². The van der Waals surface area contributed by atoms with E-state index in [4.69, 9.17) is 9.84 Å². The van der Waals surface area contributed by atoms with Crippen LogP contribution in [-0.4, -0.2) is 47.7 Å². The van der Waals surface area contributed by atoms with Crippen molar-refractivity contribution in [1.29, 1.82) is 0 Å². The smallest absolute Gasteiger partial charge is 0.306 e. The van der Waals surface area contributed by atoms with Gasteiger partial charge in [-0.2, -0.15) is 0 Å². The molecule has 1 amide bonds. The molecule has 0 aromatic carbocycles. The molecule has 1 aliphatic heterocycles. The number of morpholine rings is 1. The van der Waals surface area contributed by atoms with E-state index in [2.05, 4.69) is 0 Å². The molecule has 0 radical (unpaired) electrons. The number of nitrogens with zero attached hydrogens (tertiary/aromatic N) is 1. The zero-order chi connectivity index (χ0) is 14.8. The first kappa shape index (κ1) is 14.8. The van der Waals surface area contributed by atoms with Crippen molar-refractivity contribution in [2.45, 2.75) is 51.0 Å². The van der Waals surface area contributed by atoms with E-state index in [0.29, 0.717) is 25.6 Å². The summed E-state index contributed by atoms with van der Waals surface area (Å²) in [7, 11) is 0. The van der Waals surface area contributed by atoms with Gasteiger partial charge in [0.05, 0.1) is 19.1 Å². The van der Waals surface area contributed by atoms with Crippen LogP contribution in [0.15, 0.2) is 0 Å². The van der Waals surface area contributed by atoms with E-state index in [1.165, 1.54) is 32.1 Å². The molecule has 0 bridgehead atoms. The molecule has 3 atom stereocenters. The summed E-state index contributed by atoms with van der Waals surface area (Å²) in [5.74, 6) is 0.934. The molecule has 3 aliphatic rings. The molecule has 118 valence electrons. The molecule has 3 rings (SSSR count). The first-order valence-corrected chi connectivity index (χ1v) is 8.27. The van der Waals surface area contributed by atoms with Gasteiger partial charge in [0.1, 0.15) is 0 Å². The highest BCUT2D eigenvalue weighted by molar-refractivity contribution is 5.82. The van der Waals surface area contributed by atoms with Crippen molar-refractivity contribution in [1.82, 2.24) is 4.90 Å². The van der Waals surface area contributed by atoms with Crippen LogP contribution in [0.1, 0.15) is 44.9 Å². The van der Waals surface area contributed by atoms with Gasteiger partial charge in [0.25, 0.3) is 0 Å². The molecule has 0 aromatic heterocycles. The van der Waals surface area contributed by atoms with Gasteiger partial charge in [0, 0.05) is 19.0 Å². The first-order chi connectivity index (χ1) is 10.1. The van der Waals surface area contributed by atoms with Gasteiger partial charge < -0.3 is 14.7 Å². The van der Waals surface area contributed by atoms with Gasteiger partial charge in [-0.3, -0.25) is 9.59 Å². The summed E-state index contributed by atoms with van der Waals surface area (Å²) < 4.78 is 5.44. The molecule has 0 spiro atoms. The normalized spacial score (nSPS) is 33.7. The highest BCUT2D eigenvalue weighted by Gasteiger charge is 2.49. The largest absolute Gasteiger partial charge is 0.481 e. The molecule has 3 unspecified atom stereocenters. The molecule has 5 nitrogen and oxygen atoms in total. The second-order valence-corrected chi connectivity index (χ2v) is 6.78. The van der Waals surface area contributed by atoms with Crippen molar-refractivity contribution in [2.75, 3.05) is 19.7 Å². The van der Waals surface area contributed by atoms with Gasteiger partial charge in [-0.25, -0.2) is 0 Å². The monoisotopic (exact) mass is 295 g/mol. The van der Waals surface area contributed by atoms with Gasteiger partial charge >= 0.3 is 5.97 Å². The third-order valence-corrected chi connectivity index (χ3v) is 5.27. The second kappa shape index (κ2) is 6.34. The number of aliphatic carboxylic acids is 1. The molecule has 1 saturated heterocycles. The van der Waals surface area contributed by atoms with Crippen LogP contribution in [0.2, 0.25) is 0 Å². The second-order valence-electron chi connectivity index (χ2n) is 6.78. The van der Waals surface area contributed by atoms with Gasteiger partial charge in [0.2, 0.25) is 5.91 Å². The lowest BCUT2D eigenvalue weighted by Gasteiger charge is -2.33. The van der Waals surface area contributed by atoms with Gasteiger partial charge in [-0.1, -0.05) is 32.1 Å². The Morgan fingerprint density at radius 3 is 2.67 bits per heavy atom. The van der Waals surface area contributed by atoms with Crippen LogP contribution in [0, 0.1) is 17.8 Å². The number of carboxylic acids is 1. The van der Waals surface area contributed by atoms with E-state index in [-0.39, 0.29) is 24.3 Å². The Hall–Kier alpha value is -1.10. The number of carbonyl (C=O) groups is 2. The SMILES string of the molecule is O=C(O)CC1CN(C(=O)C2CC2C2CCCCC2)CCO1. The summed E-state index contributed by atoms with van der Waals surface area (Å²) in [6.07, 6.45) is 7.26. The topological polar surface area (TPSA) is 66.8 Å². The minimum atomic E-state index is -0.860. The quantitative estimate of drug-likeness (QED) is 0.860. The Balaban J connectivity index is 1.50. The van der Waals surface area contributed by atoms with Crippen molar-refractivity contribution < 1.29 is 19.4 Å². The maximum atomic E-state index is 12.6. The van der Waals surface area contributed by atoms with Crippen LogP contribution in [-0.2, 0) is 14.3 Å². The van der Waals surface area contributed by atoms with Gasteiger partial charge in [-0.05, 0) is 18.3 Å². The Kier molecular flexibility index (Phi) is 4.48. The number of rotatable bonds is 4. The number of carboxylic acid groups (broad SMARTS) is 1. The van der Waals surface area contributed by atoms with Crippen LogP contribution in [0.25, 0.3) is 0 Å².